The number of hydrogen-bond acceptors (Lipinski definition) is 5. The minimum absolute atomic E-state index is 0.0210. The monoisotopic (exact) mass is 386 g/mol. The van der Waals surface area contributed by atoms with E-state index in [1.165, 1.54) is 5.56 Å². The molecule has 1 unspecified atom stereocenters. The van der Waals surface area contributed by atoms with E-state index in [1.807, 2.05) is 0 Å². The SMILES string of the molecule is CCCCn1c(O)c(C2=NNC(c3ccc(C(C)C)cc3)C2)c(=O)[nH]c1=S. The molecule has 144 valence electrons. The summed E-state index contributed by atoms with van der Waals surface area (Å²) in [6.45, 7) is 6.95. The maximum Gasteiger partial charge on any atom is 0.264 e. The third-order valence-corrected chi connectivity index (χ3v) is 5.28. The highest BCUT2D eigenvalue weighted by molar-refractivity contribution is 7.71. The number of hydrazone groups is 1. The van der Waals surface area contributed by atoms with Crippen LogP contribution in [0.1, 0.15) is 68.7 Å². The van der Waals surface area contributed by atoms with Crippen molar-refractivity contribution in [1.29, 1.82) is 0 Å². The fraction of sp³-hybridized carbons (Fsp3) is 0.450. The van der Waals surface area contributed by atoms with Crippen LogP contribution in [0.25, 0.3) is 0 Å². The van der Waals surface area contributed by atoms with Gasteiger partial charge in [-0.25, -0.2) is 0 Å². The topological polar surface area (TPSA) is 82.4 Å². The smallest absolute Gasteiger partial charge is 0.264 e. The lowest BCUT2D eigenvalue weighted by Crippen LogP contribution is -2.22. The number of aromatic amines is 1. The largest absolute Gasteiger partial charge is 0.494 e. The lowest BCUT2D eigenvalue weighted by molar-refractivity contribution is 0.398. The molecular formula is C20H26N4O2S. The van der Waals surface area contributed by atoms with Gasteiger partial charge >= 0.3 is 0 Å². The molecular weight excluding hydrogens is 360 g/mol. The highest BCUT2D eigenvalue weighted by Gasteiger charge is 2.26. The number of rotatable bonds is 6. The molecule has 0 saturated heterocycles. The summed E-state index contributed by atoms with van der Waals surface area (Å²) in [7, 11) is 0. The molecule has 1 aromatic heterocycles. The second kappa shape index (κ2) is 8.08. The Bertz CT molecular complexity index is 957. The molecule has 0 amide bonds. The number of aromatic hydroxyl groups is 1. The highest BCUT2D eigenvalue weighted by Crippen LogP contribution is 2.27. The zero-order valence-corrected chi connectivity index (χ0v) is 16.8. The molecule has 6 nitrogen and oxygen atoms in total. The molecule has 0 aliphatic carbocycles. The van der Waals surface area contributed by atoms with Crippen molar-refractivity contribution < 1.29 is 5.11 Å². The second-order valence-corrected chi connectivity index (χ2v) is 7.62. The Hall–Kier alpha value is -2.41. The van der Waals surface area contributed by atoms with Crippen LogP contribution in [-0.2, 0) is 6.54 Å². The van der Waals surface area contributed by atoms with E-state index in [1.54, 1.807) is 4.57 Å². The van der Waals surface area contributed by atoms with Crippen molar-refractivity contribution in [3.63, 3.8) is 0 Å². The molecule has 1 aromatic carbocycles. The van der Waals surface area contributed by atoms with Gasteiger partial charge in [0.2, 0.25) is 5.88 Å². The first-order valence-corrected chi connectivity index (χ1v) is 9.81. The zero-order valence-electron chi connectivity index (χ0n) is 16.0. The molecule has 3 rings (SSSR count). The van der Waals surface area contributed by atoms with E-state index in [-0.39, 0.29) is 22.3 Å². The minimum atomic E-state index is -0.401. The van der Waals surface area contributed by atoms with Crippen LogP contribution in [0.2, 0.25) is 0 Å². The highest BCUT2D eigenvalue weighted by atomic mass is 32.1. The van der Waals surface area contributed by atoms with Crippen LogP contribution < -0.4 is 11.0 Å². The minimum Gasteiger partial charge on any atom is -0.494 e. The van der Waals surface area contributed by atoms with Crippen molar-refractivity contribution in [2.24, 2.45) is 5.10 Å². The Labute approximate surface area is 164 Å². The van der Waals surface area contributed by atoms with Gasteiger partial charge in [0.1, 0.15) is 5.56 Å². The van der Waals surface area contributed by atoms with Crippen LogP contribution in [0, 0.1) is 4.77 Å². The van der Waals surface area contributed by atoms with Gasteiger partial charge in [-0.1, -0.05) is 51.5 Å². The predicted octanol–water partition coefficient (Wildman–Crippen LogP) is 3.97. The first-order chi connectivity index (χ1) is 12.9. The van der Waals surface area contributed by atoms with Gasteiger partial charge in [0.25, 0.3) is 5.56 Å². The first-order valence-electron chi connectivity index (χ1n) is 9.40. The Balaban J connectivity index is 1.86. The zero-order chi connectivity index (χ0) is 19.6. The van der Waals surface area contributed by atoms with Crippen molar-refractivity contribution in [1.82, 2.24) is 15.0 Å². The van der Waals surface area contributed by atoms with Gasteiger partial charge in [-0.15, -0.1) is 0 Å². The van der Waals surface area contributed by atoms with E-state index >= 15 is 0 Å². The summed E-state index contributed by atoms with van der Waals surface area (Å²) < 4.78 is 1.81. The van der Waals surface area contributed by atoms with Gasteiger partial charge in [-0.05, 0) is 35.7 Å². The molecule has 0 radical (unpaired) electrons. The molecule has 1 aliphatic heterocycles. The molecule has 0 bridgehead atoms. The molecule has 1 aliphatic rings. The summed E-state index contributed by atoms with van der Waals surface area (Å²) >= 11 is 5.20. The summed E-state index contributed by atoms with van der Waals surface area (Å²) in [5.74, 6) is 0.377. The summed E-state index contributed by atoms with van der Waals surface area (Å²) in [4.78, 5) is 15.1. The summed E-state index contributed by atoms with van der Waals surface area (Å²) in [6, 6.07) is 8.39. The third kappa shape index (κ3) is 3.98. The molecule has 3 N–H and O–H groups in total. The molecule has 7 heteroatoms. The van der Waals surface area contributed by atoms with Crippen LogP contribution in [-0.4, -0.2) is 20.4 Å². The van der Waals surface area contributed by atoms with Gasteiger partial charge in [0, 0.05) is 13.0 Å². The van der Waals surface area contributed by atoms with Crippen molar-refractivity contribution >= 4 is 17.9 Å². The Morgan fingerprint density at radius 2 is 2.04 bits per heavy atom. The second-order valence-electron chi connectivity index (χ2n) is 7.23. The van der Waals surface area contributed by atoms with Gasteiger partial charge in [0.05, 0.1) is 11.8 Å². The number of aromatic nitrogens is 2. The van der Waals surface area contributed by atoms with Crippen LogP contribution >= 0.6 is 12.2 Å². The van der Waals surface area contributed by atoms with Crippen LogP contribution in [0.4, 0.5) is 0 Å². The van der Waals surface area contributed by atoms with Gasteiger partial charge in [-0.3, -0.25) is 14.3 Å². The van der Waals surface area contributed by atoms with Crippen molar-refractivity contribution in [3.05, 3.63) is 56.1 Å². The van der Waals surface area contributed by atoms with E-state index in [0.29, 0.717) is 24.6 Å². The van der Waals surface area contributed by atoms with Crippen LogP contribution in [0.5, 0.6) is 5.88 Å². The summed E-state index contributed by atoms with van der Waals surface area (Å²) in [6.07, 6.45) is 2.36. The molecule has 0 spiro atoms. The molecule has 2 heterocycles. The normalized spacial score (nSPS) is 16.4. The lowest BCUT2D eigenvalue weighted by Gasteiger charge is -2.13. The Morgan fingerprint density at radius 1 is 1.33 bits per heavy atom. The quantitative estimate of drug-likeness (QED) is 0.656. The van der Waals surface area contributed by atoms with E-state index < -0.39 is 5.56 Å². The standard InChI is InChI=1S/C20H26N4O2S/c1-4-5-10-24-19(26)17(18(25)21-20(24)27)16-11-15(22-23-16)14-8-6-13(7-9-14)12(2)3/h6-9,12,15,22,26H,4-5,10-11H2,1-3H3,(H,21,25,27). The van der Waals surface area contributed by atoms with Crippen LogP contribution in [0.15, 0.2) is 34.2 Å². The fourth-order valence-electron chi connectivity index (χ4n) is 3.25. The maximum absolute atomic E-state index is 12.4. The van der Waals surface area contributed by atoms with E-state index in [0.717, 1.165) is 18.4 Å². The predicted molar refractivity (Wildman–Crippen MR) is 110 cm³/mol. The lowest BCUT2D eigenvalue weighted by atomic mass is 9.96. The number of nitrogens with one attached hydrogen (secondary N) is 2. The van der Waals surface area contributed by atoms with Gasteiger partial charge in [-0.2, -0.15) is 5.10 Å². The first kappa shape index (κ1) is 19.4. The van der Waals surface area contributed by atoms with Crippen LogP contribution in [0.3, 0.4) is 0 Å². The van der Waals surface area contributed by atoms with Gasteiger partial charge < -0.3 is 10.5 Å². The average molecular weight is 387 g/mol. The average Bonchev–Trinajstić information content (AvgIpc) is 3.11. The Kier molecular flexibility index (Phi) is 5.79. The Morgan fingerprint density at radius 3 is 2.67 bits per heavy atom. The number of hydrogen-bond donors (Lipinski definition) is 3. The van der Waals surface area contributed by atoms with E-state index in [9.17, 15) is 9.90 Å². The van der Waals surface area contributed by atoms with Gasteiger partial charge in [0.15, 0.2) is 4.77 Å². The third-order valence-electron chi connectivity index (χ3n) is 4.95. The fourth-order valence-corrected chi connectivity index (χ4v) is 3.52. The number of unbranched alkanes of at least 4 members (excludes halogenated alkanes) is 1. The van der Waals surface area contributed by atoms with E-state index in [2.05, 4.69) is 60.5 Å². The van der Waals surface area contributed by atoms with Crippen molar-refractivity contribution in [2.45, 2.75) is 58.5 Å². The maximum atomic E-state index is 12.4. The molecule has 1 atom stereocenters. The number of benzene rings is 1. The molecule has 0 fully saturated rings. The molecule has 0 saturated carbocycles. The number of nitrogens with zero attached hydrogens (tertiary/aromatic N) is 2. The molecule has 27 heavy (non-hydrogen) atoms. The van der Waals surface area contributed by atoms with Crippen molar-refractivity contribution in [3.8, 4) is 5.88 Å². The van der Waals surface area contributed by atoms with E-state index in [4.69, 9.17) is 12.2 Å². The van der Waals surface area contributed by atoms with Crippen molar-refractivity contribution in [2.75, 3.05) is 0 Å². The number of H-pyrrole nitrogens is 1. The summed E-state index contributed by atoms with van der Waals surface area (Å²) in [5.41, 5.74) is 5.83. The molecule has 2 aromatic rings. The summed E-state index contributed by atoms with van der Waals surface area (Å²) in [5, 5.41) is 15.0.